The van der Waals surface area contributed by atoms with Crippen LogP contribution < -0.4 is 4.90 Å². The molecule has 1 aliphatic heterocycles. The van der Waals surface area contributed by atoms with E-state index in [1.165, 1.54) is 54.2 Å². The van der Waals surface area contributed by atoms with Crippen LogP contribution >= 0.6 is 23.1 Å². The minimum absolute atomic E-state index is 0.0644. The van der Waals surface area contributed by atoms with Crippen LogP contribution in [0.5, 0.6) is 0 Å². The van der Waals surface area contributed by atoms with E-state index in [0.29, 0.717) is 4.34 Å². The number of aromatic carboxylic acids is 1. The lowest BCUT2D eigenvalue weighted by Crippen LogP contribution is -2.29. The van der Waals surface area contributed by atoms with Gasteiger partial charge >= 0.3 is 5.97 Å². The first kappa shape index (κ1) is 19.9. The first-order chi connectivity index (χ1) is 14.4. The Morgan fingerprint density at radius 3 is 2.27 bits per heavy atom. The van der Waals surface area contributed by atoms with Gasteiger partial charge in [0.1, 0.15) is 0 Å². The maximum Gasteiger partial charge on any atom is 0.335 e. The number of carbonyl (C=O) groups excluding carboxylic acids is 3. The molecule has 1 aliphatic rings. The van der Waals surface area contributed by atoms with E-state index >= 15 is 0 Å². The summed E-state index contributed by atoms with van der Waals surface area (Å²) in [6, 6.07) is 9.78. The highest BCUT2D eigenvalue weighted by Gasteiger charge is 2.39. The molecule has 0 saturated heterocycles. The predicted molar refractivity (Wildman–Crippen MR) is 111 cm³/mol. The van der Waals surface area contributed by atoms with Crippen LogP contribution in [0.2, 0.25) is 0 Å². The second-order valence-electron chi connectivity index (χ2n) is 6.20. The molecule has 4 rings (SSSR count). The first-order valence-corrected chi connectivity index (χ1v) is 10.6. The van der Waals surface area contributed by atoms with Gasteiger partial charge in [0, 0.05) is 11.1 Å². The van der Waals surface area contributed by atoms with E-state index in [4.69, 9.17) is 5.11 Å². The third kappa shape index (κ3) is 3.40. The fraction of sp³-hybridized carbons (Fsp3) is 0.100. The topological polar surface area (TPSA) is 118 Å². The summed E-state index contributed by atoms with van der Waals surface area (Å²) in [6.07, 6.45) is 0. The zero-order valence-electron chi connectivity index (χ0n) is 15.5. The predicted octanol–water partition coefficient (Wildman–Crippen LogP) is 3.38. The number of ketones is 1. The summed E-state index contributed by atoms with van der Waals surface area (Å²) >= 11 is 2.62. The minimum Gasteiger partial charge on any atom is -0.478 e. The molecule has 1 N–H and O–H groups in total. The number of benzene rings is 2. The van der Waals surface area contributed by atoms with E-state index in [1.807, 2.05) is 6.92 Å². The van der Waals surface area contributed by atoms with Crippen molar-refractivity contribution in [3.8, 4) is 0 Å². The van der Waals surface area contributed by atoms with E-state index in [0.717, 1.165) is 22.0 Å². The van der Waals surface area contributed by atoms with Gasteiger partial charge in [-0.2, -0.15) is 0 Å². The average Bonchev–Trinajstić information content (AvgIpc) is 3.30. The Labute approximate surface area is 178 Å². The smallest absolute Gasteiger partial charge is 0.335 e. The number of carbonyl (C=O) groups is 4. The Hall–Kier alpha value is -3.37. The molecular weight excluding hydrogens is 426 g/mol. The van der Waals surface area contributed by atoms with Crippen molar-refractivity contribution < 1.29 is 24.3 Å². The van der Waals surface area contributed by atoms with Crippen LogP contribution in [-0.4, -0.2) is 44.6 Å². The van der Waals surface area contributed by atoms with Crippen molar-refractivity contribution in [2.24, 2.45) is 0 Å². The van der Waals surface area contributed by atoms with E-state index in [1.54, 1.807) is 0 Å². The monoisotopic (exact) mass is 439 g/mol. The number of aromatic nitrogens is 2. The van der Waals surface area contributed by atoms with Crippen molar-refractivity contribution in [2.75, 3.05) is 10.7 Å². The number of imide groups is 1. The molecule has 2 aromatic carbocycles. The van der Waals surface area contributed by atoms with Crippen LogP contribution in [0.4, 0.5) is 5.13 Å². The zero-order chi connectivity index (χ0) is 21.4. The molecule has 150 valence electrons. The molecule has 0 atom stereocenters. The number of hydrogen-bond acceptors (Lipinski definition) is 8. The van der Waals surface area contributed by atoms with Gasteiger partial charge in [-0.25, -0.2) is 9.69 Å². The number of fused-ring (bicyclic) bond motifs is 1. The molecule has 2 heterocycles. The second-order valence-corrected chi connectivity index (χ2v) is 8.67. The second kappa shape index (κ2) is 7.81. The van der Waals surface area contributed by atoms with Crippen molar-refractivity contribution in [3.05, 3.63) is 70.3 Å². The molecule has 0 aliphatic carbocycles. The summed E-state index contributed by atoms with van der Waals surface area (Å²) < 4.78 is 0.657. The molecule has 0 unspecified atom stereocenters. The fourth-order valence-corrected chi connectivity index (χ4v) is 4.70. The summed E-state index contributed by atoms with van der Waals surface area (Å²) in [5.41, 5.74) is 0.874. The van der Waals surface area contributed by atoms with Crippen molar-refractivity contribution in [2.45, 2.75) is 11.3 Å². The molecule has 0 saturated carbocycles. The van der Waals surface area contributed by atoms with Crippen molar-refractivity contribution in [3.63, 3.8) is 0 Å². The molecular formula is C20H13N3O5S2. The summed E-state index contributed by atoms with van der Waals surface area (Å²) in [5.74, 6) is -1.76. The molecule has 1 aromatic heterocycles. The Morgan fingerprint density at radius 1 is 0.967 bits per heavy atom. The minimum atomic E-state index is -1.09. The van der Waals surface area contributed by atoms with Gasteiger partial charge in [0.25, 0.3) is 11.8 Å². The highest BCUT2D eigenvalue weighted by Crippen LogP contribution is 2.34. The van der Waals surface area contributed by atoms with E-state index in [9.17, 15) is 19.2 Å². The summed E-state index contributed by atoms with van der Waals surface area (Å²) in [7, 11) is 0. The van der Waals surface area contributed by atoms with Crippen molar-refractivity contribution in [1.29, 1.82) is 0 Å². The summed E-state index contributed by atoms with van der Waals surface area (Å²) in [6.45, 7) is 1.96. The Kier molecular flexibility index (Phi) is 5.18. The number of rotatable bonds is 6. The first-order valence-electron chi connectivity index (χ1n) is 8.78. The van der Waals surface area contributed by atoms with Crippen LogP contribution in [-0.2, 0) is 0 Å². The van der Waals surface area contributed by atoms with E-state index in [2.05, 4.69) is 10.2 Å². The maximum absolute atomic E-state index is 12.9. The number of hydrogen-bond donors (Lipinski definition) is 1. The standard InChI is InChI=1S/C20H13N3O5S2/c1-2-29-20-22-21-19(30-20)23-16(25)13-8-7-12(9-14(13)17(23)26)15(24)10-3-5-11(6-4-10)18(27)28/h3-9H,2H2,1H3,(H,27,28). The fourth-order valence-electron chi connectivity index (χ4n) is 2.96. The molecule has 0 fully saturated rings. The summed E-state index contributed by atoms with van der Waals surface area (Å²) in [5, 5.41) is 17.1. The number of carboxylic acid groups (broad SMARTS) is 1. The van der Waals surface area contributed by atoms with Gasteiger partial charge in [-0.1, -0.05) is 48.2 Å². The van der Waals surface area contributed by atoms with Gasteiger partial charge < -0.3 is 5.11 Å². The van der Waals surface area contributed by atoms with Crippen molar-refractivity contribution in [1.82, 2.24) is 10.2 Å². The van der Waals surface area contributed by atoms with Crippen LogP contribution in [0.25, 0.3) is 0 Å². The van der Waals surface area contributed by atoms with Crippen molar-refractivity contribution >= 4 is 51.8 Å². The summed E-state index contributed by atoms with van der Waals surface area (Å²) in [4.78, 5) is 50.3. The molecule has 30 heavy (non-hydrogen) atoms. The Bertz CT molecular complexity index is 1200. The van der Waals surface area contributed by atoms with Gasteiger partial charge in [0.2, 0.25) is 5.13 Å². The molecule has 0 radical (unpaired) electrons. The Balaban J connectivity index is 1.64. The number of anilines is 1. The SMILES string of the molecule is CCSc1nnc(N2C(=O)c3ccc(C(=O)c4ccc(C(=O)O)cc4)cc3C2=O)s1. The highest BCUT2D eigenvalue weighted by atomic mass is 32.2. The third-order valence-corrected chi connectivity index (χ3v) is 6.32. The number of thioether (sulfide) groups is 1. The molecule has 10 heteroatoms. The average molecular weight is 439 g/mol. The van der Waals surface area contributed by atoms with Crippen LogP contribution in [0.15, 0.2) is 46.8 Å². The van der Waals surface area contributed by atoms with E-state index in [-0.39, 0.29) is 38.7 Å². The molecule has 3 aromatic rings. The van der Waals surface area contributed by atoms with Crippen LogP contribution in [0.3, 0.4) is 0 Å². The highest BCUT2D eigenvalue weighted by molar-refractivity contribution is 8.01. The maximum atomic E-state index is 12.9. The molecule has 0 spiro atoms. The Morgan fingerprint density at radius 2 is 1.60 bits per heavy atom. The van der Waals surface area contributed by atoms with Gasteiger partial charge in [0.05, 0.1) is 16.7 Å². The van der Waals surface area contributed by atoms with Gasteiger partial charge in [-0.15, -0.1) is 10.2 Å². The van der Waals surface area contributed by atoms with E-state index < -0.39 is 17.8 Å². The lowest BCUT2D eigenvalue weighted by atomic mass is 9.98. The van der Waals surface area contributed by atoms with Crippen LogP contribution in [0, 0.1) is 0 Å². The third-order valence-electron chi connectivity index (χ3n) is 4.40. The quantitative estimate of drug-likeness (QED) is 0.269. The lowest BCUT2D eigenvalue weighted by molar-refractivity contribution is 0.0695. The molecule has 0 bridgehead atoms. The van der Waals surface area contributed by atoms with Gasteiger partial charge in [0.15, 0.2) is 10.1 Å². The number of amides is 2. The number of carboxylic acids is 1. The normalized spacial score (nSPS) is 12.9. The number of nitrogens with zero attached hydrogens (tertiary/aromatic N) is 3. The lowest BCUT2D eigenvalue weighted by Gasteiger charge is -2.07. The van der Waals surface area contributed by atoms with Gasteiger partial charge in [-0.05, 0) is 30.0 Å². The molecule has 8 nitrogen and oxygen atoms in total. The zero-order valence-corrected chi connectivity index (χ0v) is 17.1. The molecule has 2 amide bonds. The van der Waals surface area contributed by atoms with Gasteiger partial charge in [-0.3, -0.25) is 14.4 Å². The largest absolute Gasteiger partial charge is 0.478 e. The van der Waals surface area contributed by atoms with Crippen LogP contribution in [0.1, 0.15) is 53.9 Å².